The van der Waals surface area contributed by atoms with Crippen LogP contribution in [0.5, 0.6) is 11.5 Å². The van der Waals surface area contributed by atoms with Crippen LogP contribution in [-0.4, -0.2) is 37.7 Å². The third kappa shape index (κ3) is 5.03. The van der Waals surface area contributed by atoms with Crippen molar-refractivity contribution in [2.45, 2.75) is 26.7 Å². The van der Waals surface area contributed by atoms with E-state index in [1.807, 2.05) is 25.1 Å². The normalized spacial score (nSPS) is 11.7. The van der Waals surface area contributed by atoms with E-state index in [9.17, 15) is 9.59 Å². The maximum atomic E-state index is 12.3. The average molecular weight is 375 g/mol. The van der Waals surface area contributed by atoms with E-state index in [4.69, 9.17) is 19.0 Å². The number of furan rings is 1. The molecule has 0 saturated heterocycles. The Kier molecular flexibility index (Phi) is 6.87. The molecular weight excluding hydrogens is 350 g/mol. The van der Waals surface area contributed by atoms with Gasteiger partial charge in [-0.2, -0.15) is 0 Å². The molecule has 0 aliphatic heterocycles. The molecule has 7 heteroatoms. The topological polar surface area (TPSA) is 98.0 Å². The summed E-state index contributed by atoms with van der Waals surface area (Å²) >= 11 is 0. The Balaban J connectivity index is 1.96. The van der Waals surface area contributed by atoms with Gasteiger partial charge in [0.05, 0.1) is 14.2 Å². The number of benzene rings is 1. The summed E-state index contributed by atoms with van der Waals surface area (Å²) < 4.78 is 15.9. The van der Waals surface area contributed by atoms with Crippen LogP contribution < -0.4 is 14.8 Å². The molecule has 1 aromatic carbocycles. The van der Waals surface area contributed by atoms with Crippen LogP contribution in [-0.2, 0) is 12.8 Å². The van der Waals surface area contributed by atoms with Crippen molar-refractivity contribution < 1.29 is 28.6 Å². The summed E-state index contributed by atoms with van der Waals surface area (Å²) in [7, 11) is 3.18. The summed E-state index contributed by atoms with van der Waals surface area (Å²) in [5.74, 6) is 0.282. The van der Waals surface area contributed by atoms with Crippen LogP contribution in [0.25, 0.3) is 0 Å². The predicted molar refractivity (Wildman–Crippen MR) is 99.8 cm³/mol. The van der Waals surface area contributed by atoms with Gasteiger partial charge in [0.2, 0.25) is 0 Å². The van der Waals surface area contributed by atoms with Gasteiger partial charge in [-0.3, -0.25) is 4.79 Å². The molecule has 1 heterocycles. The molecule has 2 aromatic rings. The molecule has 1 unspecified atom stereocenters. The van der Waals surface area contributed by atoms with Crippen molar-refractivity contribution in [2.24, 2.45) is 5.92 Å². The van der Waals surface area contributed by atoms with Crippen LogP contribution >= 0.6 is 0 Å². The van der Waals surface area contributed by atoms with E-state index in [1.165, 1.54) is 6.07 Å². The summed E-state index contributed by atoms with van der Waals surface area (Å²) in [5.41, 5.74) is 1.09. The summed E-state index contributed by atoms with van der Waals surface area (Å²) in [4.78, 5) is 23.4. The van der Waals surface area contributed by atoms with E-state index in [-0.39, 0.29) is 17.2 Å². The molecule has 0 bridgehead atoms. The fourth-order valence-corrected chi connectivity index (χ4v) is 2.82. The van der Waals surface area contributed by atoms with Crippen molar-refractivity contribution in [1.29, 1.82) is 0 Å². The second kappa shape index (κ2) is 9.12. The number of aromatic carboxylic acids is 1. The summed E-state index contributed by atoms with van der Waals surface area (Å²) in [6, 6.07) is 6.99. The first-order valence-corrected chi connectivity index (χ1v) is 8.74. The van der Waals surface area contributed by atoms with E-state index >= 15 is 0 Å². The molecule has 0 aliphatic rings. The zero-order valence-electron chi connectivity index (χ0n) is 16.0. The maximum Gasteiger partial charge on any atom is 0.339 e. The number of hydrogen-bond acceptors (Lipinski definition) is 5. The van der Waals surface area contributed by atoms with Gasteiger partial charge < -0.3 is 24.3 Å². The molecule has 7 nitrogen and oxygen atoms in total. The smallest absolute Gasteiger partial charge is 0.339 e. The molecule has 2 N–H and O–H groups in total. The number of hydrogen-bond donors (Lipinski definition) is 2. The number of methoxy groups -OCH3 is 2. The minimum Gasteiger partial charge on any atom is -0.493 e. The number of carboxylic acids is 1. The fraction of sp³-hybridized carbons (Fsp3) is 0.400. The number of carbonyl (C=O) groups excluding carboxylic acids is 1. The Hall–Kier alpha value is -2.96. The first-order chi connectivity index (χ1) is 12.9. The minimum absolute atomic E-state index is 0.0163. The molecular formula is C20H25NO6. The molecule has 0 spiro atoms. The Labute approximate surface area is 158 Å². The third-order valence-corrected chi connectivity index (χ3v) is 4.23. The number of amides is 1. The predicted octanol–water partition coefficient (Wildman–Crippen LogP) is 3.17. The van der Waals surface area contributed by atoms with Gasteiger partial charge in [-0.1, -0.05) is 19.9 Å². The van der Waals surface area contributed by atoms with E-state index in [2.05, 4.69) is 5.32 Å². The standard InChI is InChI=1S/C20H25NO6/c1-5-15-14(20(23)24)10-18(27-15)19(22)21-11-12(2)8-13-6-7-16(25-3)17(9-13)26-4/h6-7,9-10,12H,5,8,11H2,1-4H3,(H,21,22)(H,23,24). The number of carbonyl (C=O) groups is 2. The zero-order chi connectivity index (χ0) is 20.0. The largest absolute Gasteiger partial charge is 0.493 e. The van der Waals surface area contributed by atoms with Crippen molar-refractivity contribution in [3.8, 4) is 11.5 Å². The van der Waals surface area contributed by atoms with Crippen LogP contribution in [0.1, 0.15) is 46.1 Å². The lowest BCUT2D eigenvalue weighted by molar-refractivity contribution is 0.0694. The Morgan fingerprint density at radius 3 is 2.44 bits per heavy atom. The summed E-state index contributed by atoms with van der Waals surface area (Å²) in [6.07, 6.45) is 1.14. The average Bonchev–Trinajstić information content (AvgIpc) is 3.10. The quantitative estimate of drug-likeness (QED) is 0.699. The highest BCUT2D eigenvalue weighted by Gasteiger charge is 2.20. The Morgan fingerprint density at radius 1 is 1.19 bits per heavy atom. The first-order valence-electron chi connectivity index (χ1n) is 8.74. The second-order valence-electron chi connectivity index (χ2n) is 6.31. The number of nitrogens with one attached hydrogen (secondary N) is 1. The molecule has 2 rings (SSSR count). The minimum atomic E-state index is -1.10. The summed E-state index contributed by atoms with van der Waals surface area (Å²) in [6.45, 7) is 4.22. The number of rotatable bonds is 9. The highest BCUT2D eigenvalue weighted by molar-refractivity contribution is 5.96. The van der Waals surface area contributed by atoms with Crippen molar-refractivity contribution in [2.75, 3.05) is 20.8 Å². The first kappa shape index (κ1) is 20.4. The lowest BCUT2D eigenvalue weighted by Crippen LogP contribution is -2.28. The van der Waals surface area contributed by atoms with E-state index in [0.717, 1.165) is 12.0 Å². The van der Waals surface area contributed by atoms with Crippen LogP contribution in [0.2, 0.25) is 0 Å². The third-order valence-electron chi connectivity index (χ3n) is 4.23. The van der Waals surface area contributed by atoms with Gasteiger partial charge in [0.25, 0.3) is 5.91 Å². The fourth-order valence-electron chi connectivity index (χ4n) is 2.82. The van der Waals surface area contributed by atoms with Crippen molar-refractivity contribution in [3.05, 3.63) is 46.9 Å². The zero-order valence-corrected chi connectivity index (χ0v) is 16.0. The van der Waals surface area contributed by atoms with Gasteiger partial charge in [0, 0.05) is 19.0 Å². The number of ether oxygens (including phenoxy) is 2. The van der Waals surface area contributed by atoms with E-state index < -0.39 is 11.9 Å². The van der Waals surface area contributed by atoms with Crippen LogP contribution in [0, 0.1) is 5.92 Å². The monoisotopic (exact) mass is 375 g/mol. The van der Waals surface area contributed by atoms with Gasteiger partial charge >= 0.3 is 5.97 Å². The van der Waals surface area contributed by atoms with Gasteiger partial charge in [-0.25, -0.2) is 4.79 Å². The van der Waals surface area contributed by atoms with Crippen LogP contribution in [0.15, 0.2) is 28.7 Å². The van der Waals surface area contributed by atoms with Gasteiger partial charge in [0.15, 0.2) is 17.3 Å². The van der Waals surface area contributed by atoms with Crippen LogP contribution in [0.3, 0.4) is 0 Å². The lowest BCUT2D eigenvalue weighted by atomic mass is 10.0. The molecule has 27 heavy (non-hydrogen) atoms. The maximum absolute atomic E-state index is 12.3. The molecule has 0 radical (unpaired) electrons. The molecule has 1 aromatic heterocycles. The molecule has 0 fully saturated rings. The Bertz CT molecular complexity index is 811. The molecule has 1 atom stereocenters. The van der Waals surface area contributed by atoms with E-state index in [1.54, 1.807) is 21.1 Å². The second-order valence-corrected chi connectivity index (χ2v) is 6.31. The highest BCUT2D eigenvalue weighted by Crippen LogP contribution is 2.28. The van der Waals surface area contributed by atoms with Crippen molar-refractivity contribution >= 4 is 11.9 Å². The molecule has 146 valence electrons. The lowest BCUT2D eigenvalue weighted by Gasteiger charge is -2.14. The van der Waals surface area contributed by atoms with Crippen LogP contribution in [0.4, 0.5) is 0 Å². The molecule has 0 saturated carbocycles. The van der Waals surface area contributed by atoms with Crippen molar-refractivity contribution in [1.82, 2.24) is 5.32 Å². The van der Waals surface area contributed by atoms with Crippen molar-refractivity contribution in [3.63, 3.8) is 0 Å². The molecule has 0 aliphatic carbocycles. The number of carboxylic acid groups (broad SMARTS) is 1. The number of aryl methyl sites for hydroxylation is 1. The summed E-state index contributed by atoms with van der Waals surface area (Å²) in [5, 5.41) is 11.9. The molecule has 1 amide bonds. The Morgan fingerprint density at radius 2 is 1.89 bits per heavy atom. The highest BCUT2D eigenvalue weighted by atomic mass is 16.5. The van der Waals surface area contributed by atoms with Gasteiger partial charge in [0.1, 0.15) is 11.3 Å². The van der Waals surface area contributed by atoms with E-state index in [0.29, 0.717) is 30.2 Å². The van der Waals surface area contributed by atoms with Gasteiger partial charge in [-0.15, -0.1) is 0 Å². The van der Waals surface area contributed by atoms with Gasteiger partial charge in [-0.05, 0) is 30.0 Å². The SMILES string of the molecule is CCc1oc(C(=O)NCC(C)Cc2ccc(OC)c(OC)c2)cc1C(=O)O.